The summed E-state index contributed by atoms with van der Waals surface area (Å²) in [5.41, 5.74) is 3.86. The normalized spacial score (nSPS) is 13.7. The predicted octanol–water partition coefficient (Wildman–Crippen LogP) is 3.35. The number of hydrogen-bond acceptors (Lipinski definition) is 2. The quantitative estimate of drug-likeness (QED) is 0.726. The van der Waals surface area contributed by atoms with Crippen molar-refractivity contribution in [3.05, 3.63) is 59.8 Å². The van der Waals surface area contributed by atoms with Crippen molar-refractivity contribution in [1.29, 1.82) is 0 Å². The second-order valence-electron chi connectivity index (χ2n) is 5.58. The SMILES string of the molecule is COc1ccc2c(c1)C(=O)N(c1ccc3c(ccn3C)c1)C2. The Morgan fingerprint density at radius 2 is 1.95 bits per heavy atom. The summed E-state index contributed by atoms with van der Waals surface area (Å²) in [5, 5.41) is 1.14. The van der Waals surface area contributed by atoms with Gasteiger partial charge in [-0.2, -0.15) is 0 Å². The fourth-order valence-electron chi connectivity index (χ4n) is 3.05. The molecule has 1 aliphatic heterocycles. The molecule has 2 aromatic carbocycles. The number of methoxy groups -OCH3 is 1. The van der Waals surface area contributed by atoms with Crippen LogP contribution < -0.4 is 9.64 Å². The molecule has 2 heterocycles. The van der Waals surface area contributed by atoms with Gasteiger partial charge < -0.3 is 14.2 Å². The van der Waals surface area contributed by atoms with E-state index in [9.17, 15) is 4.79 Å². The lowest BCUT2D eigenvalue weighted by Crippen LogP contribution is -2.22. The van der Waals surface area contributed by atoms with Crippen LogP contribution in [0, 0.1) is 0 Å². The van der Waals surface area contributed by atoms with Gasteiger partial charge in [0.05, 0.1) is 13.7 Å². The molecule has 0 radical (unpaired) electrons. The maximum atomic E-state index is 12.7. The number of fused-ring (bicyclic) bond motifs is 2. The number of aryl methyl sites for hydroxylation is 1. The summed E-state index contributed by atoms with van der Waals surface area (Å²) in [6.07, 6.45) is 2.03. The zero-order chi connectivity index (χ0) is 15.3. The zero-order valence-electron chi connectivity index (χ0n) is 12.5. The Balaban J connectivity index is 1.75. The first-order valence-electron chi connectivity index (χ1n) is 7.21. The molecule has 4 heteroatoms. The summed E-state index contributed by atoms with van der Waals surface area (Å²) < 4.78 is 7.29. The van der Waals surface area contributed by atoms with Crippen molar-refractivity contribution >= 4 is 22.5 Å². The fourth-order valence-corrected chi connectivity index (χ4v) is 3.05. The molecule has 1 aliphatic rings. The minimum absolute atomic E-state index is 0.0316. The molecule has 1 aromatic heterocycles. The molecule has 0 fully saturated rings. The monoisotopic (exact) mass is 292 g/mol. The third kappa shape index (κ3) is 1.80. The van der Waals surface area contributed by atoms with E-state index in [1.54, 1.807) is 7.11 Å². The number of anilines is 1. The number of benzene rings is 2. The number of carbonyl (C=O) groups excluding carboxylic acids is 1. The smallest absolute Gasteiger partial charge is 0.259 e. The Morgan fingerprint density at radius 3 is 2.77 bits per heavy atom. The van der Waals surface area contributed by atoms with Crippen LogP contribution in [0.25, 0.3) is 10.9 Å². The molecule has 22 heavy (non-hydrogen) atoms. The number of ether oxygens (including phenoxy) is 1. The molecule has 4 rings (SSSR count). The summed E-state index contributed by atoms with van der Waals surface area (Å²) in [7, 11) is 3.63. The van der Waals surface area contributed by atoms with Gasteiger partial charge in [-0.1, -0.05) is 6.07 Å². The van der Waals surface area contributed by atoms with Gasteiger partial charge in [-0.15, -0.1) is 0 Å². The summed E-state index contributed by atoms with van der Waals surface area (Å²) in [5.74, 6) is 0.747. The van der Waals surface area contributed by atoms with Crippen LogP contribution >= 0.6 is 0 Å². The summed E-state index contributed by atoms with van der Waals surface area (Å²) in [6.45, 7) is 0.608. The van der Waals surface area contributed by atoms with Gasteiger partial charge in [0.2, 0.25) is 0 Å². The van der Waals surface area contributed by atoms with Gasteiger partial charge in [0.15, 0.2) is 0 Å². The molecule has 0 unspecified atom stereocenters. The highest BCUT2D eigenvalue weighted by atomic mass is 16.5. The van der Waals surface area contributed by atoms with Crippen molar-refractivity contribution in [1.82, 2.24) is 4.57 Å². The van der Waals surface area contributed by atoms with Gasteiger partial charge in [-0.25, -0.2) is 0 Å². The Kier molecular flexibility index (Phi) is 2.73. The predicted molar refractivity (Wildman–Crippen MR) is 86.4 cm³/mol. The molecule has 0 bridgehead atoms. The van der Waals surface area contributed by atoms with E-state index >= 15 is 0 Å². The number of aromatic nitrogens is 1. The van der Waals surface area contributed by atoms with Crippen LogP contribution in [0.2, 0.25) is 0 Å². The van der Waals surface area contributed by atoms with Crippen molar-refractivity contribution in [3.8, 4) is 5.75 Å². The molecule has 1 amide bonds. The first kappa shape index (κ1) is 13.0. The molecule has 0 N–H and O–H groups in total. The highest BCUT2D eigenvalue weighted by Gasteiger charge is 2.29. The first-order chi connectivity index (χ1) is 10.7. The van der Waals surface area contributed by atoms with Crippen LogP contribution in [0.5, 0.6) is 5.75 Å². The second-order valence-corrected chi connectivity index (χ2v) is 5.58. The number of amides is 1. The molecule has 0 saturated heterocycles. The van der Waals surface area contributed by atoms with Crippen LogP contribution in [-0.2, 0) is 13.6 Å². The number of hydrogen-bond donors (Lipinski definition) is 0. The van der Waals surface area contributed by atoms with Gasteiger partial charge in [-0.3, -0.25) is 4.79 Å². The van der Waals surface area contributed by atoms with E-state index in [-0.39, 0.29) is 5.91 Å². The van der Waals surface area contributed by atoms with Crippen molar-refractivity contribution < 1.29 is 9.53 Å². The molecule has 0 aliphatic carbocycles. The molecule has 4 nitrogen and oxygen atoms in total. The van der Waals surface area contributed by atoms with Crippen LogP contribution in [0.15, 0.2) is 48.7 Å². The maximum absolute atomic E-state index is 12.7. The lowest BCUT2D eigenvalue weighted by Gasteiger charge is -2.16. The third-order valence-corrected chi connectivity index (χ3v) is 4.30. The van der Waals surface area contributed by atoms with Crippen molar-refractivity contribution in [2.24, 2.45) is 7.05 Å². The lowest BCUT2D eigenvalue weighted by atomic mass is 10.1. The van der Waals surface area contributed by atoms with Gasteiger partial charge in [0, 0.05) is 35.4 Å². The highest BCUT2D eigenvalue weighted by Crippen LogP contribution is 2.32. The van der Waals surface area contributed by atoms with Crippen LogP contribution in [0.1, 0.15) is 15.9 Å². The summed E-state index contributed by atoms with van der Waals surface area (Å²) in [6, 6.07) is 13.9. The number of carbonyl (C=O) groups is 1. The van der Waals surface area contributed by atoms with Gasteiger partial charge >= 0.3 is 0 Å². The van der Waals surface area contributed by atoms with E-state index in [1.165, 1.54) is 0 Å². The lowest BCUT2D eigenvalue weighted by molar-refractivity contribution is 0.0996. The van der Waals surface area contributed by atoms with E-state index < -0.39 is 0 Å². The number of rotatable bonds is 2. The van der Waals surface area contributed by atoms with E-state index in [0.717, 1.165) is 27.7 Å². The average Bonchev–Trinajstić information content (AvgIpc) is 3.08. The van der Waals surface area contributed by atoms with Crippen LogP contribution in [-0.4, -0.2) is 17.6 Å². The van der Waals surface area contributed by atoms with E-state index in [2.05, 4.69) is 22.8 Å². The summed E-state index contributed by atoms with van der Waals surface area (Å²) in [4.78, 5) is 14.5. The van der Waals surface area contributed by atoms with Gasteiger partial charge in [-0.05, 0) is 42.0 Å². The Labute approximate surface area is 128 Å². The molecule has 0 atom stereocenters. The Morgan fingerprint density at radius 1 is 1.09 bits per heavy atom. The second kappa shape index (κ2) is 4.63. The molecule has 3 aromatic rings. The van der Waals surface area contributed by atoms with Crippen LogP contribution in [0.4, 0.5) is 5.69 Å². The summed E-state index contributed by atoms with van der Waals surface area (Å²) >= 11 is 0. The fraction of sp³-hybridized carbons (Fsp3) is 0.167. The van der Waals surface area contributed by atoms with Crippen molar-refractivity contribution in [2.45, 2.75) is 6.54 Å². The standard InChI is InChI=1S/C18H16N2O2/c1-19-8-7-12-9-14(4-6-17(12)19)20-11-13-3-5-15(22-2)10-16(13)18(20)21/h3-10H,11H2,1-2H3. The molecule has 110 valence electrons. The third-order valence-electron chi connectivity index (χ3n) is 4.30. The minimum Gasteiger partial charge on any atom is -0.497 e. The first-order valence-corrected chi connectivity index (χ1v) is 7.21. The Bertz CT molecular complexity index is 895. The molecular weight excluding hydrogens is 276 g/mol. The molecular formula is C18H16N2O2. The average molecular weight is 292 g/mol. The van der Waals surface area contributed by atoms with Gasteiger partial charge in [0.1, 0.15) is 5.75 Å². The maximum Gasteiger partial charge on any atom is 0.259 e. The Hall–Kier alpha value is -2.75. The van der Waals surface area contributed by atoms with Gasteiger partial charge in [0.25, 0.3) is 5.91 Å². The van der Waals surface area contributed by atoms with E-state index in [1.807, 2.05) is 42.4 Å². The molecule has 0 spiro atoms. The van der Waals surface area contributed by atoms with Crippen LogP contribution in [0.3, 0.4) is 0 Å². The zero-order valence-corrected chi connectivity index (χ0v) is 12.5. The van der Waals surface area contributed by atoms with Crippen molar-refractivity contribution in [3.63, 3.8) is 0 Å². The number of nitrogens with zero attached hydrogens (tertiary/aromatic N) is 2. The van der Waals surface area contributed by atoms with E-state index in [4.69, 9.17) is 4.74 Å². The van der Waals surface area contributed by atoms with Crippen molar-refractivity contribution in [2.75, 3.05) is 12.0 Å². The minimum atomic E-state index is 0.0316. The largest absolute Gasteiger partial charge is 0.497 e. The highest BCUT2D eigenvalue weighted by molar-refractivity contribution is 6.10. The van der Waals surface area contributed by atoms with E-state index in [0.29, 0.717) is 12.3 Å². The molecule has 0 saturated carbocycles. The topological polar surface area (TPSA) is 34.5 Å².